The molecule has 3 nitrogen and oxygen atoms in total. The first-order valence-electron chi connectivity index (χ1n) is 2.17. The van der Waals surface area contributed by atoms with Gasteiger partial charge in [0.1, 0.15) is 0 Å². The molecule has 0 saturated carbocycles. The van der Waals surface area contributed by atoms with Crippen molar-refractivity contribution in [3.8, 4) is 0 Å². The first kappa shape index (κ1) is 4.30. The zero-order valence-corrected chi connectivity index (χ0v) is 4.14. The summed E-state index contributed by atoms with van der Waals surface area (Å²) in [4.78, 5) is 0. The first-order valence-corrected chi connectivity index (χ1v) is 2.17. The summed E-state index contributed by atoms with van der Waals surface area (Å²) in [5.74, 6) is 0.465. The molecule has 1 aliphatic heterocycles. The van der Waals surface area contributed by atoms with Crippen LogP contribution in [0.1, 0.15) is 6.92 Å². The van der Waals surface area contributed by atoms with Crippen LogP contribution in [-0.2, 0) is 4.74 Å². The topological polar surface area (TPSA) is 47.3 Å². The third kappa shape index (κ3) is 0.765. The average molecular weight is 100 g/mol. The van der Waals surface area contributed by atoms with E-state index in [1.807, 2.05) is 6.92 Å². The summed E-state index contributed by atoms with van der Waals surface area (Å²) < 4.78 is 4.89. The van der Waals surface area contributed by atoms with E-state index in [2.05, 4.69) is 5.32 Å². The molecular weight excluding hydrogens is 92.1 g/mol. The van der Waals surface area contributed by atoms with E-state index >= 15 is 0 Å². The molecule has 0 bridgehead atoms. The third-order valence-electron chi connectivity index (χ3n) is 0.773. The molecule has 0 radical (unpaired) electrons. The predicted molar refractivity (Wildman–Crippen MR) is 26.0 cm³/mol. The lowest BCUT2D eigenvalue weighted by atomic mass is 10.7. The zero-order chi connectivity index (χ0) is 5.28. The van der Waals surface area contributed by atoms with Crippen molar-refractivity contribution in [2.24, 2.45) is 5.73 Å². The van der Waals surface area contributed by atoms with Crippen LogP contribution in [0.2, 0.25) is 0 Å². The second kappa shape index (κ2) is 1.33. The lowest BCUT2D eigenvalue weighted by Crippen LogP contribution is -2.15. The van der Waals surface area contributed by atoms with Crippen LogP contribution in [0.4, 0.5) is 0 Å². The van der Waals surface area contributed by atoms with Crippen molar-refractivity contribution in [1.29, 1.82) is 0 Å². The molecule has 0 spiro atoms. The Morgan fingerprint density at radius 3 is 2.86 bits per heavy atom. The highest BCUT2D eigenvalue weighted by molar-refractivity contribution is 4.91. The molecule has 1 aliphatic rings. The van der Waals surface area contributed by atoms with E-state index in [0.717, 1.165) is 0 Å². The van der Waals surface area contributed by atoms with Crippen molar-refractivity contribution in [3.63, 3.8) is 0 Å². The minimum absolute atomic E-state index is 0.0556. The summed E-state index contributed by atoms with van der Waals surface area (Å²) in [5, 5.41) is 2.86. The Kier molecular flexibility index (Phi) is 0.817. The Balaban J connectivity index is 2.42. The lowest BCUT2D eigenvalue weighted by molar-refractivity contribution is 0.143. The van der Waals surface area contributed by atoms with Gasteiger partial charge in [-0.3, -0.25) is 0 Å². The van der Waals surface area contributed by atoms with Gasteiger partial charge in [-0.2, -0.15) is 0 Å². The normalized spacial score (nSPS) is 28.1. The standard InChI is InChI=1S/C4H8N2O/c1-3-6-2-4(5)7-3/h2-3,6H,5H2,1H3. The van der Waals surface area contributed by atoms with Gasteiger partial charge in [-0.15, -0.1) is 0 Å². The lowest BCUT2D eigenvalue weighted by Gasteiger charge is -2.01. The fraction of sp³-hybridized carbons (Fsp3) is 0.500. The van der Waals surface area contributed by atoms with Crippen molar-refractivity contribution >= 4 is 0 Å². The van der Waals surface area contributed by atoms with E-state index in [0.29, 0.717) is 5.88 Å². The molecule has 0 aliphatic carbocycles. The maximum atomic E-state index is 5.20. The highest BCUT2D eigenvalue weighted by atomic mass is 16.5. The highest BCUT2D eigenvalue weighted by Crippen LogP contribution is 1.98. The van der Waals surface area contributed by atoms with Crippen molar-refractivity contribution < 1.29 is 4.74 Å². The first-order chi connectivity index (χ1) is 3.29. The van der Waals surface area contributed by atoms with Gasteiger partial charge in [0.25, 0.3) is 0 Å². The molecule has 0 saturated heterocycles. The van der Waals surface area contributed by atoms with Gasteiger partial charge >= 0.3 is 0 Å². The van der Waals surface area contributed by atoms with E-state index in [-0.39, 0.29) is 6.23 Å². The monoisotopic (exact) mass is 100 g/mol. The second-order valence-electron chi connectivity index (χ2n) is 1.47. The molecule has 40 valence electrons. The average Bonchev–Trinajstić information content (AvgIpc) is 1.87. The minimum Gasteiger partial charge on any atom is -0.455 e. The van der Waals surface area contributed by atoms with Gasteiger partial charge in [-0.1, -0.05) is 0 Å². The Morgan fingerprint density at radius 2 is 2.71 bits per heavy atom. The van der Waals surface area contributed by atoms with Gasteiger partial charge in [0.05, 0.1) is 6.20 Å². The molecule has 0 aromatic rings. The number of nitrogens with two attached hydrogens (primary N) is 1. The van der Waals surface area contributed by atoms with Crippen LogP contribution in [-0.4, -0.2) is 6.23 Å². The summed E-state index contributed by atoms with van der Waals surface area (Å²) >= 11 is 0. The van der Waals surface area contributed by atoms with Gasteiger partial charge in [-0.25, -0.2) is 0 Å². The zero-order valence-electron chi connectivity index (χ0n) is 4.14. The van der Waals surface area contributed by atoms with Crippen LogP contribution in [0.5, 0.6) is 0 Å². The molecule has 3 heteroatoms. The number of hydrogen-bond acceptors (Lipinski definition) is 3. The Bertz CT molecular complexity index is 99.9. The number of nitrogens with one attached hydrogen (secondary N) is 1. The van der Waals surface area contributed by atoms with Gasteiger partial charge in [0.2, 0.25) is 5.88 Å². The largest absolute Gasteiger partial charge is 0.455 e. The summed E-state index contributed by atoms with van der Waals surface area (Å²) in [6.07, 6.45) is 1.70. The van der Waals surface area contributed by atoms with Crippen LogP contribution in [0.15, 0.2) is 12.1 Å². The molecule has 1 atom stereocenters. The Morgan fingerprint density at radius 1 is 2.00 bits per heavy atom. The molecule has 1 rings (SSSR count). The van der Waals surface area contributed by atoms with E-state index in [1.165, 1.54) is 0 Å². The van der Waals surface area contributed by atoms with Crippen LogP contribution < -0.4 is 11.1 Å². The maximum Gasteiger partial charge on any atom is 0.202 e. The Labute approximate surface area is 42.1 Å². The van der Waals surface area contributed by atoms with Gasteiger partial charge in [-0.05, 0) is 6.92 Å². The third-order valence-corrected chi connectivity index (χ3v) is 0.773. The number of rotatable bonds is 0. The molecule has 1 heterocycles. The second-order valence-corrected chi connectivity index (χ2v) is 1.47. The van der Waals surface area contributed by atoms with Gasteiger partial charge in [0, 0.05) is 0 Å². The highest BCUT2D eigenvalue weighted by Gasteiger charge is 2.06. The summed E-state index contributed by atoms with van der Waals surface area (Å²) in [7, 11) is 0. The van der Waals surface area contributed by atoms with Crippen molar-refractivity contribution in [3.05, 3.63) is 12.1 Å². The van der Waals surface area contributed by atoms with Crippen molar-refractivity contribution in [2.45, 2.75) is 13.2 Å². The van der Waals surface area contributed by atoms with Crippen molar-refractivity contribution in [2.75, 3.05) is 0 Å². The molecule has 0 amide bonds. The maximum absolute atomic E-state index is 5.20. The quantitative estimate of drug-likeness (QED) is 0.439. The predicted octanol–water partition coefficient (Wildman–Crippen LogP) is -0.290. The summed E-state index contributed by atoms with van der Waals surface area (Å²) in [5.41, 5.74) is 5.20. The van der Waals surface area contributed by atoms with Crippen molar-refractivity contribution in [1.82, 2.24) is 5.32 Å². The van der Waals surface area contributed by atoms with Crippen LogP contribution in [0, 0.1) is 0 Å². The Hall–Kier alpha value is -0.860. The van der Waals surface area contributed by atoms with Crippen LogP contribution >= 0.6 is 0 Å². The molecule has 0 aromatic heterocycles. The number of ether oxygens (including phenoxy) is 1. The van der Waals surface area contributed by atoms with Crippen LogP contribution in [0.3, 0.4) is 0 Å². The van der Waals surface area contributed by atoms with E-state index in [1.54, 1.807) is 6.20 Å². The fourth-order valence-electron chi connectivity index (χ4n) is 0.472. The fourth-order valence-corrected chi connectivity index (χ4v) is 0.472. The molecule has 0 fully saturated rings. The minimum atomic E-state index is 0.0556. The molecule has 7 heavy (non-hydrogen) atoms. The molecule has 1 unspecified atom stereocenters. The van der Waals surface area contributed by atoms with Crippen LogP contribution in [0.25, 0.3) is 0 Å². The smallest absolute Gasteiger partial charge is 0.202 e. The van der Waals surface area contributed by atoms with Gasteiger partial charge < -0.3 is 15.8 Å². The van der Waals surface area contributed by atoms with E-state index < -0.39 is 0 Å². The van der Waals surface area contributed by atoms with E-state index in [4.69, 9.17) is 10.5 Å². The summed E-state index contributed by atoms with van der Waals surface area (Å²) in [6, 6.07) is 0. The molecule has 0 aromatic carbocycles. The SMILES string of the molecule is CC1NC=C(N)O1. The van der Waals surface area contributed by atoms with Gasteiger partial charge in [0.15, 0.2) is 6.23 Å². The van der Waals surface area contributed by atoms with E-state index in [9.17, 15) is 0 Å². The molecular formula is C4H8N2O. The summed E-state index contributed by atoms with van der Waals surface area (Å²) in [6.45, 7) is 1.89. The molecule has 3 N–H and O–H groups in total. The number of hydrogen-bond donors (Lipinski definition) is 2.